The van der Waals surface area contributed by atoms with E-state index in [1.54, 1.807) is 38.1 Å². The summed E-state index contributed by atoms with van der Waals surface area (Å²) in [6.45, 7) is 4.38. The first-order valence-corrected chi connectivity index (χ1v) is 12.2. The maximum absolute atomic E-state index is 13.1. The molecule has 1 N–H and O–H groups in total. The van der Waals surface area contributed by atoms with Crippen LogP contribution in [-0.4, -0.2) is 30.3 Å². The highest BCUT2D eigenvalue weighted by molar-refractivity contribution is 7.91. The summed E-state index contributed by atoms with van der Waals surface area (Å²) in [5.41, 5.74) is 3.37. The van der Waals surface area contributed by atoms with Gasteiger partial charge in [0.15, 0.2) is 5.76 Å². The van der Waals surface area contributed by atoms with E-state index in [4.69, 9.17) is 4.52 Å². The average molecular weight is 458 g/mol. The van der Waals surface area contributed by atoms with Crippen LogP contribution in [-0.2, 0) is 27.8 Å². The number of carbonyl (C=O) groups excluding carboxylic acids is 1. The molecule has 0 atom stereocenters. The van der Waals surface area contributed by atoms with E-state index in [1.165, 1.54) is 21.2 Å². The van der Waals surface area contributed by atoms with Crippen molar-refractivity contribution in [1.82, 2.24) is 9.46 Å². The largest absolute Gasteiger partial charge is 0.354 e. The number of sulfonamides is 1. The zero-order chi connectivity index (χ0) is 22.0. The molecule has 0 fully saturated rings. The van der Waals surface area contributed by atoms with E-state index in [1.807, 2.05) is 18.2 Å². The highest BCUT2D eigenvalue weighted by Crippen LogP contribution is 2.30. The standard InChI is InChI=1S/C22H23N3O4S2/c1-3-20(26)23-22-15(2)24-29-19(22)10-8-18-9-11-21(30-18)31(27,28)25-13-12-16-6-4-5-7-17(16)14-25/h4-11H,3,12-14H2,1-2H3,(H,23,26). The quantitative estimate of drug-likeness (QED) is 0.595. The molecule has 0 aliphatic carbocycles. The zero-order valence-electron chi connectivity index (χ0n) is 17.3. The van der Waals surface area contributed by atoms with Gasteiger partial charge < -0.3 is 9.84 Å². The van der Waals surface area contributed by atoms with E-state index in [-0.39, 0.29) is 5.91 Å². The predicted octanol–water partition coefficient (Wildman–Crippen LogP) is 4.31. The van der Waals surface area contributed by atoms with Crippen LogP contribution in [0, 0.1) is 6.92 Å². The van der Waals surface area contributed by atoms with Crippen molar-refractivity contribution >= 4 is 45.1 Å². The van der Waals surface area contributed by atoms with Gasteiger partial charge in [-0.1, -0.05) is 36.3 Å². The maximum atomic E-state index is 13.1. The number of anilines is 1. The van der Waals surface area contributed by atoms with Gasteiger partial charge in [-0.15, -0.1) is 11.3 Å². The van der Waals surface area contributed by atoms with Gasteiger partial charge in [-0.3, -0.25) is 4.79 Å². The molecule has 3 heterocycles. The molecule has 162 valence electrons. The summed E-state index contributed by atoms with van der Waals surface area (Å²) in [5.74, 6) is 0.290. The van der Waals surface area contributed by atoms with Crippen molar-refractivity contribution in [1.29, 1.82) is 0 Å². The molecule has 0 spiro atoms. The molecule has 7 nitrogen and oxygen atoms in total. The number of thiophene rings is 1. The molecule has 31 heavy (non-hydrogen) atoms. The Morgan fingerprint density at radius 3 is 2.77 bits per heavy atom. The Balaban J connectivity index is 1.52. The Labute approximate surface area is 185 Å². The molecular formula is C22H23N3O4S2. The van der Waals surface area contributed by atoms with Crippen LogP contribution in [0.2, 0.25) is 0 Å². The maximum Gasteiger partial charge on any atom is 0.252 e. The number of rotatable bonds is 6. The summed E-state index contributed by atoms with van der Waals surface area (Å²) in [7, 11) is -3.57. The molecule has 1 aliphatic rings. The van der Waals surface area contributed by atoms with Crippen LogP contribution in [0.5, 0.6) is 0 Å². The van der Waals surface area contributed by atoms with Gasteiger partial charge in [0.25, 0.3) is 10.0 Å². The van der Waals surface area contributed by atoms with Gasteiger partial charge in [-0.05, 0) is 48.8 Å². The molecule has 0 saturated carbocycles. The summed E-state index contributed by atoms with van der Waals surface area (Å²) in [5, 5.41) is 6.68. The van der Waals surface area contributed by atoms with E-state index >= 15 is 0 Å². The molecule has 2 aromatic heterocycles. The number of carbonyl (C=O) groups is 1. The summed E-state index contributed by atoms with van der Waals surface area (Å²) in [6, 6.07) is 11.3. The number of amides is 1. The van der Waals surface area contributed by atoms with Crippen molar-refractivity contribution in [2.45, 2.75) is 37.4 Å². The molecule has 1 amide bonds. The number of benzene rings is 1. The second-order valence-corrected chi connectivity index (χ2v) is 10.5. The third-order valence-electron chi connectivity index (χ3n) is 5.17. The lowest BCUT2D eigenvalue weighted by Crippen LogP contribution is -2.35. The van der Waals surface area contributed by atoms with Gasteiger partial charge in [0.1, 0.15) is 15.6 Å². The number of hydrogen-bond acceptors (Lipinski definition) is 6. The van der Waals surface area contributed by atoms with Gasteiger partial charge in [0.2, 0.25) is 5.91 Å². The number of aryl methyl sites for hydroxylation is 1. The minimum atomic E-state index is -3.57. The lowest BCUT2D eigenvalue weighted by molar-refractivity contribution is -0.115. The fourth-order valence-corrected chi connectivity index (χ4v) is 6.21. The van der Waals surface area contributed by atoms with E-state index in [2.05, 4.69) is 16.5 Å². The Morgan fingerprint density at radius 1 is 1.23 bits per heavy atom. The summed E-state index contributed by atoms with van der Waals surface area (Å²) < 4.78 is 33.4. The van der Waals surface area contributed by atoms with Crippen LogP contribution in [0.1, 0.15) is 40.8 Å². The fourth-order valence-electron chi connectivity index (χ4n) is 3.40. The van der Waals surface area contributed by atoms with Crippen molar-refractivity contribution in [2.24, 2.45) is 0 Å². The van der Waals surface area contributed by atoms with Crippen LogP contribution >= 0.6 is 11.3 Å². The first-order chi connectivity index (χ1) is 14.9. The second kappa shape index (κ2) is 8.78. The molecule has 0 saturated heterocycles. The molecule has 9 heteroatoms. The van der Waals surface area contributed by atoms with Crippen molar-refractivity contribution in [3.05, 3.63) is 63.9 Å². The highest BCUT2D eigenvalue weighted by atomic mass is 32.2. The molecule has 3 aromatic rings. The first kappa shape index (κ1) is 21.5. The van der Waals surface area contributed by atoms with Gasteiger partial charge >= 0.3 is 0 Å². The van der Waals surface area contributed by atoms with Crippen LogP contribution in [0.15, 0.2) is 45.1 Å². The van der Waals surface area contributed by atoms with E-state index < -0.39 is 10.0 Å². The van der Waals surface area contributed by atoms with Crippen molar-refractivity contribution in [3.63, 3.8) is 0 Å². The SMILES string of the molecule is CCC(=O)Nc1c(C)noc1C=Cc1ccc(S(=O)(=O)N2CCc3ccccc3C2)s1. The zero-order valence-corrected chi connectivity index (χ0v) is 18.9. The Hall–Kier alpha value is -2.75. The van der Waals surface area contributed by atoms with E-state index in [0.29, 0.717) is 47.3 Å². The Bertz CT molecular complexity index is 1240. The molecule has 1 aromatic carbocycles. The van der Waals surface area contributed by atoms with Crippen LogP contribution in [0.25, 0.3) is 12.2 Å². The van der Waals surface area contributed by atoms with Crippen LogP contribution in [0.4, 0.5) is 5.69 Å². The third-order valence-corrected chi connectivity index (χ3v) is 8.53. The molecule has 1 aliphatic heterocycles. The lowest BCUT2D eigenvalue weighted by atomic mass is 10.0. The molecular weight excluding hydrogens is 434 g/mol. The minimum Gasteiger partial charge on any atom is -0.354 e. The summed E-state index contributed by atoms with van der Waals surface area (Å²) in [4.78, 5) is 12.5. The van der Waals surface area contributed by atoms with Crippen molar-refractivity contribution in [2.75, 3.05) is 11.9 Å². The Kier molecular flexibility index (Phi) is 6.08. The van der Waals surface area contributed by atoms with Gasteiger partial charge in [-0.25, -0.2) is 8.42 Å². The topological polar surface area (TPSA) is 92.5 Å². The van der Waals surface area contributed by atoms with E-state index in [0.717, 1.165) is 10.4 Å². The van der Waals surface area contributed by atoms with Gasteiger partial charge in [0, 0.05) is 24.4 Å². The smallest absolute Gasteiger partial charge is 0.252 e. The lowest BCUT2D eigenvalue weighted by Gasteiger charge is -2.27. The van der Waals surface area contributed by atoms with Gasteiger partial charge in [-0.2, -0.15) is 4.31 Å². The number of fused-ring (bicyclic) bond motifs is 1. The first-order valence-electron chi connectivity index (χ1n) is 9.99. The van der Waals surface area contributed by atoms with Crippen LogP contribution in [0.3, 0.4) is 0 Å². The molecule has 0 bridgehead atoms. The number of nitrogens with one attached hydrogen (secondary N) is 1. The monoisotopic (exact) mass is 457 g/mol. The number of hydrogen-bond donors (Lipinski definition) is 1. The molecule has 0 unspecified atom stereocenters. The summed E-state index contributed by atoms with van der Waals surface area (Å²) >= 11 is 1.20. The number of nitrogens with zero attached hydrogens (tertiary/aromatic N) is 2. The van der Waals surface area contributed by atoms with Crippen molar-refractivity contribution in [3.8, 4) is 0 Å². The second-order valence-electron chi connectivity index (χ2n) is 7.26. The average Bonchev–Trinajstić information content (AvgIpc) is 3.39. The molecule has 0 radical (unpaired) electrons. The van der Waals surface area contributed by atoms with Gasteiger partial charge in [0.05, 0.1) is 0 Å². The third kappa shape index (κ3) is 4.48. The van der Waals surface area contributed by atoms with Crippen molar-refractivity contribution < 1.29 is 17.7 Å². The predicted molar refractivity (Wildman–Crippen MR) is 121 cm³/mol. The normalized spacial score (nSPS) is 14.6. The van der Waals surface area contributed by atoms with E-state index in [9.17, 15) is 13.2 Å². The Morgan fingerprint density at radius 2 is 2.00 bits per heavy atom. The minimum absolute atomic E-state index is 0.131. The fraction of sp³-hybridized carbons (Fsp3) is 0.273. The van der Waals surface area contributed by atoms with Crippen LogP contribution < -0.4 is 5.32 Å². The number of aromatic nitrogens is 1. The highest BCUT2D eigenvalue weighted by Gasteiger charge is 2.29. The molecule has 4 rings (SSSR count). The summed E-state index contributed by atoms with van der Waals surface area (Å²) in [6.07, 6.45) is 4.51.